The van der Waals surface area contributed by atoms with Crippen molar-refractivity contribution in [3.05, 3.63) is 65.2 Å². The van der Waals surface area contributed by atoms with Crippen molar-refractivity contribution >= 4 is 33.4 Å². The Balaban J connectivity index is 2.17. The summed E-state index contributed by atoms with van der Waals surface area (Å²) in [6.45, 7) is 4.01. The number of halogens is 1. The van der Waals surface area contributed by atoms with Gasteiger partial charge in [0.2, 0.25) is 21.8 Å². The second-order valence-corrected chi connectivity index (χ2v) is 9.99. The minimum atomic E-state index is -3.88. The van der Waals surface area contributed by atoms with E-state index >= 15 is 0 Å². The summed E-state index contributed by atoms with van der Waals surface area (Å²) in [4.78, 5) is 27.2. The summed E-state index contributed by atoms with van der Waals surface area (Å²) in [5, 5.41) is 3.22. The van der Waals surface area contributed by atoms with Crippen molar-refractivity contribution < 1.29 is 18.0 Å². The fraction of sp³-hybridized carbons (Fsp3) is 0.391. The summed E-state index contributed by atoms with van der Waals surface area (Å²) in [7, 11) is -2.54. The van der Waals surface area contributed by atoms with Crippen molar-refractivity contribution in [3.8, 4) is 0 Å². The lowest BCUT2D eigenvalue weighted by atomic mass is 10.1. The zero-order valence-corrected chi connectivity index (χ0v) is 20.2. The number of carbonyl (C=O) groups excluding carboxylic acids is 2. The number of nitrogens with zero attached hydrogens (tertiary/aromatic N) is 2. The predicted octanol–water partition coefficient (Wildman–Crippen LogP) is 2.95. The van der Waals surface area contributed by atoms with E-state index in [2.05, 4.69) is 5.32 Å². The number of amides is 2. The molecule has 32 heavy (non-hydrogen) atoms. The maximum atomic E-state index is 13.1. The van der Waals surface area contributed by atoms with E-state index in [0.29, 0.717) is 24.5 Å². The molecule has 2 aromatic rings. The highest BCUT2D eigenvalue weighted by molar-refractivity contribution is 7.89. The lowest BCUT2D eigenvalue weighted by Gasteiger charge is -2.30. The van der Waals surface area contributed by atoms with Crippen LogP contribution in [0.1, 0.15) is 25.8 Å². The average Bonchev–Trinajstić information content (AvgIpc) is 2.78. The lowest BCUT2D eigenvalue weighted by molar-refractivity contribution is -0.139. The maximum absolute atomic E-state index is 13.1. The Morgan fingerprint density at radius 1 is 1.06 bits per heavy atom. The Bertz CT molecular complexity index is 998. The van der Waals surface area contributed by atoms with E-state index < -0.39 is 22.0 Å². The molecule has 7 nitrogen and oxygen atoms in total. The van der Waals surface area contributed by atoms with Gasteiger partial charge in [-0.15, -0.1) is 0 Å². The highest BCUT2D eigenvalue weighted by Gasteiger charge is 2.29. The average molecular weight is 480 g/mol. The molecule has 1 unspecified atom stereocenters. The van der Waals surface area contributed by atoms with Crippen LogP contribution in [0.15, 0.2) is 59.5 Å². The molecule has 0 saturated carbocycles. The molecule has 1 atom stereocenters. The third kappa shape index (κ3) is 7.05. The number of hydrogen-bond donors (Lipinski definition) is 1. The Labute approximate surface area is 195 Å². The highest BCUT2D eigenvalue weighted by Crippen LogP contribution is 2.18. The number of rotatable bonds is 11. The zero-order chi connectivity index (χ0) is 23.7. The first-order valence-corrected chi connectivity index (χ1v) is 12.3. The molecule has 0 aromatic heterocycles. The Kier molecular flexibility index (Phi) is 9.68. The Morgan fingerprint density at radius 2 is 1.69 bits per heavy atom. The molecule has 0 saturated heterocycles. The quantitative estimate of drug-likeness (QED) is 0.536. The normalized spacial score (nSPS) is 12.4. The smallest absolute Gasteiger partial charge is 0.243 e. The summed E-state index contributed by atoms with van der Waals surface area (Å²) in [6, 6.07) is 14.6. The topological polar surface area (TPSA) is 86.8 Å². The third-order valence-electron chi connectivity index (χ3n) is 5.08. The molecule has 0 fully saturated rings. The summed E-state index contributed by atoms with van der Waals surface area (Å²) in [6.07, 6.45) is 1.32. The van der Waals surface area contributed by atoms with Gasteiger partial charge < -0.3 is 10.2 Å². The van der Waals surface area contributed by atoms with Crippen molar-refractivity contribution in [2.24, 2.45) is 0 Å². The van der Waals surface area contributed by atoms with Crippen molar-refractivity contribution in [1.29, 1.82) is 0 Å². The van der Waals surface area contributed by atoms with Crippen LogP contribution in [-0.4, -0.2) is 62.2 Å². The van der Waals surface area contributed by atoms with E-state index in [1.54, 1.807) is 6.92 Å². The molecule has 2 aromatic carbocycles. The number of nitrogens with one attached hydrogen (secondary N) is 1. The van der Waals surface area contributed by atoms with E-state index in [0.717, 1.165) is 16.3 Å². The second-order valence-electron chi connectivity index (χ2n) is 7.50. The van der Waals surface area contributed by atoms with Gasteiger partial charge >= 0.3 is 0 Å². The summed E-state index contributed by atoms with van der Waals surface area (Å²) in [5.41, 5.74) is 1.02. The molecule has 0 aliphatic heterocycles. The van der Waals surface area contributed by atoms with Crippen LogP contribution in [0.3, 0.4) is 0 Å². The first-order chi connectivity index (χ1) is 15.2. The largest absolute Gasteiger partial charge is 0.354 e. The van der Waals surface area contributed by atoms with Gasteiger partial charge in [0, 0.05) is 25.2 Å². The fourth-order valence-electron chi connectivity index (χ4n) is 3.12. The molecule has 0 aliphatic carbocycles. The molecular formula is C23H30ClN3O4S. The summed E-state index contributed by atoms with van der Waals surface area (Å²) < 4.78 is 26.7. The number of carbonyl (C=O) groups is 2. The van der Waals surface area contributed by atoms with Gasteiger partial charge in [-0.1, -0.05) is 48.9 Å². The zero-order valence-electron chi connectivity index (χ0n) is 18.6. The van der Waals surface area contributed by atoms with Crippen molar-refractivity contribution in [1.82, 2.24) is 14.5 Å². The molecule has 0 heterocycles. The van der Waals surface area contributed by atoms with Gasteiger partial charge in [-0.3, -0.25) is 9.59 Å². The monoisotopic (exact) mass is 479 g/mol. The first-order valence-electron chi connectivity index (χ1n) is 10.5. The van der Waals surface area contributed by atoms with E-state index in [1.165, 1.54) is 36.2 Å². The van der Waals surface area contributed by atoms with Gasteiger partial charge in [0.15, 0.2) is 0 Å². The number of hydrogen-bond acceptors (Lipinski definition) is 4. The SMILES string of the molecule is CCCNC(=O)C(C)N(CCc1ccccc1)C(=O)CN(C)S(=O)(=O)c1ccc(Cl)cc1. The van der Waals surface area contributed by atoms with E-state index in [-0.39, 0.29) is 17.3 Å². The van der Waals surface area contributed by atoms with Crippen LogP contribution in [0.4, 0.5) is 0 Å². The third-order valence-corrected chi connectivity index (χ3v) is 7.15. The van der Waals surface area contributed by atoms with E-state index in [1.807, 2.05) is 37.3 Å². The van der Waals surface area contributed by atoms with Gasteiger partial charge in [0.25, 0.3) is 0 Å². The lowest BCUT2D eigenvalue weighted by Crippen LogP contribution is -2.51. The maximum Gasteiger partial charge on any atom is 0.243 e. The molecule has 0 bridgehead atoms. The van der Waals surface area contributed by atoms with Crippen LogP contribution in [0, 0.1) is 0 Å². The second kappa shape index (κ2) is 12.0. The van der Waals surface area contributed by atoms with Gasteiger partial charge in [-0.05, 0) is 49.6 Å². The van der Waals surface area contributed by atoms with Crippen molar-refractivity contribution in [3.63, 3.8) is 0 Å². The Hall–Kier alpha value is -2.42. The number of benzene rings is 2. The van der Waals surface area contributed by atoms with Gasteiger partial charge in [0.05, 0.1) is 11.4 Å². The summed E-state index contributed by atoms with van der Waals surface area (Å²) in [5.74, 6) is -0.711. The minimum absolute atomic E-state index is 0.0433. The molecule has 1 N–H and O–H groups in total. The molecule has 2 rings (SSSR count). The molecule has 0 radical (unpaired) electrons. The molecule has 0 aliphatic rings. The number of likely N-dealkylation sites (N-methyl/N-ethyl adjacent to an activating group) is 1. The highest BCUT2D eigenvalue weighted by atomic mass is 35.5. The van der Waals surface area contributed by atoms with Crippen LogP contribution in [0.5, 0.6) is 0 Å². The molecule has 9 heteroatoms. The first kappa shape index (κ1) is 25.8. The van der Waals surface area contributed by atoms with Crippen LogP contribution in [0.2, 0.25) is 5.02 Å². The fourth-order valence-corrected chi connectivity index (χ4v) is 4.37. The molecule has 0 spiro atoms. The molecule has 2 amide bonds. The van der Waals surface area contributed by atoms with Crippen LogP contribution >= 0.6 is 11.6 Å². The summed E-state index contributed by atoms with van der Waals surface area (Å²) >= 11 is 5.85. The van der Waals surface area contributed by atoms with E-state index in [9.17, 15) is 18.0 Å². The van der Waals surface area contributed by atoms with Crippen molar-refractivity contribution in [2.45, 2.75) is 37.6 Å². The predicted molar refractivity (Wildman–Crippen MR) is 126 cm³/mol. The van der Waals surface area contributed by atoms with Gasteiger partial charge in [0.1, 0.15) is 6.04 Å². The number of sulfonamides is 1. The van der Waals surface area contributed by atoms with Gasteiger partial charge in [-0.25, -0.2) is 8.42 Å². The van der Waals surface area contributed by atoms with E-state index in [4.69, 9.17) is 11.6 Å². The van der Waals surface area contributed by atoms with Crippen molar-refractivity contribution in [2.75, 3.05) is 26.7 Å². The molecule has 174 valence electrons. The minimum Gasteiger partial charge on any atom is -0.354 e. The van der Waals surface area contributed by atoms with Crippen LogP contribution in [-0.2, 0) is 26.0 Å². The van der Waals surface area contributed by atoms with Crippen LogP contribution in [0.25, 0.3) is 0 Å². The Morgan fingerprint density at radius 3 is 2.28 bits per heavy atom. The van der Waals surface area contributed by atoms with Crippen LogP contribution < -0.4 is 5.32 Å². The standard InChI is InChI=1S/C23H30ClN3O4S/c1-4-15-25-23(29)18(2)27(16-14-19-8-6-5-7-9-19)22(28)17-26(3)32(30,31)21-12-10-20(24)11-13-21/h5-13,18H,4,14-17H2,1-3H3,(H,25,29). The van der Waals surface area contributed by atoms with Gasteiger partial charge in [-0.2, -0.15) is 4.31 Å². The molecular weight excluding hydrogens is 450 g/mol.